The SMILES string of the molecule is CCc1cc(Br)ccc1NCC(=O)N1CCN(C)CC1. The Morgan fingerprint density at radius 1 is 1.30 bits per heavy atom. The number of anilines is 1. The lowest BCUT2D eigenvalue weighted by Crippen LogP contribution is -2.48. The Labute approximate surface area is 129 Å². The molecule has 0 aromatic heterocycles. The summed E-state index contributed by atoms with van der Waals surface area (Å²) in [6, 6.07) is 6.13. The fraction of sp³-hybridized carbons (Fsp3) is 0.533. The highest BCUT2D eigenvalue weighted by atomic mass is 79.9. The molecule has 1 amide bonds. The Morgan fingerprint density at radius 3 is 2.65 bits per heavy atom. The van der Waals surface area contributed by atoms with Gasteiger partial charge in [0.05, 0.1) is 6.54 Å². The number of hydrogen-bond acceptors (Lipinski definition) is 3. The summed E-state index contributed by atoms with van der Waals surface area (Å²) in [6.45, 7) is 6.08. The molecule has 0 unspecified atom stereocenters. The molecule has 5 heteroatoms. The first kappa shape index (κ1) is 15.3. The second-order valence-corrected chi connectivity index (χ2v) is 6.11. The third kappa shape index (κ3) is 3.96. The van der Waals surface area contributed by atoms with E-state index in [2.05, 4.69) is 46.2 Å². The number of carbonyl (C=O) groups is 1. The molecule has 110 valence electrons. The summed E-state index contributed by atoms with van der Waals surface area (Å²) < 4.78 is 1.07. The normalized spacial score (nSPS) is 16.2. The van der Waals surface area contributed by atoms with E-state index in [4.69, 9.17) is 0 Å². The Balaban J connectivity index is 1.90. The number of hydrogen-bond donors (Lipinski definition) is 1. The first-order chi connectivity index (χ1) is 9.60. The summed E-state index contributed by atoms with van der Waals surface area (Å²) in [6.07, 6.45) is 0.949. The van der Waals surface area contributed by atoms with Crippen molar-refractivity contribution < 1.29 is 4.79 Å². The maximum absolute atomic E-state index is 12.2. The van der Waals surface area contributed by atoms with Crippen molar-refractivity contribution in [2.45, 2.75) is 13.3 Å². The second-order valence-electron chi connectivity index (χ2n) is 5.19. The average Bonchev–Trinajstić information content (AvgIpc) is 2.46. The van der Waals surface area contributed by atoms with Gasteiger partial charge in [-0.15, -0.1) is 0 Å². The van der Waals surface area contributed by atoms with Crippen LogP contribution in [-0.2, 0) is 11.2 Å². The summed E-state index contributed by atoms with van der Waals surface area (Å²) in [5.41, 5.74) is 2.28. The van der Waals surface area contributed by atoms with E-state index >= 15 is 0 Å². The van der Waals surface area contributed by atoms with E-state index in [1.165, 1.54) is 5.56 Å². The quantitative estimate of drug-likeness (QED) is 0.913. The van der Waals surface area contributed by atoms with E-state index in [1.807, 2.05) is 17.0 Å². The number of amides is 1. The molecule has 0 radical (unpaired) electrons. The zero-order valence-electron chi connectivity index (χ0n) is 12.2. The molecule has 1 heterocycles. The molecule has 20 heavy (non-hydrogen) atoms. The average molecular weight is 340 g/mol. The predicted molar refractivity (Wildman–Crippen MR) is 86.1 cm³/mol. The Kier molecular flexibility index (Phi) is 5.43. The Hall–Kier alpha value is -1.07. The number of carbonyl (C=O) groups excluding carboxylic acids is 1. The minimum Gasteiger partial charge on any atom is -0.376 e. The van der Waals surface area contributed by atoms with Crippen LogP contribution in [0.3, 0.4) is 0 Å². The zero-order valence-corrected chi connectivity index (χ0v) is 13.7. The lowest BCUT2D eigenvalue weighted by molar-refractivity contribution is -0.130. The molecular formula is C15H22BrN3O. The summed E-state index contributed by atoms with van der Waals surface area (Å²) in [7, 11) is 2.09. The van der Waals surface area contributed by atoms with E-state index in [-0.39, 0.29) is 5.91 Å². The van der Waals surface area contributed by atoms with Gasteiger partial charge in [-0.3, -0.25) is 4.79 Å². The first-order valence-electron chi connectivity index (χ1n) is 7.08. The molecule has 0 saturated carbocycles. The molecule has 0 aliphatic carbocycles. The van der Waals surface area contributed by atoms with E-state index in [1.54, 1.807) is 0 Å². The Bertz CT molecular complexity index is 470. The van der Waals surface area contributed by atoms with Crippen LogP contribution in [0.2, 0.25) is 0 Å². The molecule has 1 aliphatic rings. The zero-order chi connectivity index (χ0) is 14.5. The fourth-order valence-corrected chi connectivity index (χ4v) is 2.77. The minimum atomic E-state index is 0.183. The number of benzene rings is 1. The van der Waals surface area contributed by atoms with Crippen molar-refractivity contribution in [1.82, 2.24) is 9.80 Å². The van der Waals surface area contributed by atoms with Crippen molar-refractivity contribution in [3.05, 3.63) is 28.2 Å². The number of piperazine rings is 1. The largest absolute Gasteiger partial charge is 0.376 e. The maximum atomic E-state index is 12.2. The molecule has 0 spiro atoms. The van der Waals surface area contributed by atoms with Gasteiger partial charge in [-0.25, -0.2) is 0 Å². The lowest BCUT2D eigenvalue weighted by Gasteiger charge is -2.32. The van der Waals surface area contributed by atoms with Crippen LogP contribution in [0.25, 0.3) is 0 Å². The van der Waals surface area contributed by atoms with Crippen molar-refractivity contribution in [2.75, 3.05) is 45.1 Å². The summed E-state index contributed by atoms with van der Waals surface area (Å²) in [5, 5.41) is 3.27. The molecule has 1 fully saturated rings. The van der Waals surface area contributed by atoms with Gasteiger partial charge >= 0.3 is 0 Å². The number of halogens is 1. The van der Waals surface area contributed by atoms with E-state index in [0.717, 1.165) is 42.8 Å². The maximum Gasteiger partial charge on any atom is 0.241 e. The van der Waals surface area contributed by atoms with Gasteiger partial charge in [0.25, 0.3) is 0 Å². The summed E-state index contributed by atoms with van der Waals surface area (Å²) >= 11 is 3.48. The topological polar surface area (TPSA) is 35.6 Å². The van der Waals surface area contributed by atoms with Crippen LogP contribution in [0, 0.1) is 0 Å². The molecule has 4 nitrogen and oxygen atoms in total. The summed E-state index contributed by atoms with van der Waals surface area (Å²) in [4.78, 5) is 16.4. The smallest absolute Gasteiger partial charge is 0.241 e. The third-order valence-electron chi connectivity index (χ3n) is 3.73. The molecule has 0 bridgehead atoms. The van der Waals surface area contributed by atoms with Crippen LogP contribution in [0.5, 0.6) is 0 Å². The molecule has 2 rings (SSSR count). The molecular weight excluding hydrogens is 318 g/mol. The van der Waals surface area contributed by atoms with Gasteiger partial charge in [0.2, 0.25) is 5.91 Å². The number of rotatable bonds is 4. The van der Waals surface area contributed by atoms with Gasteiger partial charge in [-0.1, -0.05) is 22.9 Å². The monoisotopic (exact) mass is 339 g/mol. The van der Waals surface area contributed by atoms with Crippen LogP contribution in [0.4, 0.5) is 5.69 Å². The van der Waals surface area contributed by atoms with Crippen LogP contribution in [-0.4, -0.2) is 55.5 Å². The predicted octanol–water partition coefficient (Wildman–Crippen LogP) is 2.20. The van der Waals surface area contributed by atoms with Crippen molar-refractivity contribution in [1.29, 1.82) is 0 Å². The fourth-order valence-electron chi connectivity index (χ4n) is 2.37. The number of likely N-dealkylation sites (N-methyl/N-ethyl adjacent to an activating group) is 1. The standard InChI is InChI=1S/C15H22BrN3O/c1-3-12-10-13(16)4-5-14(12)17-11-15(20)19-8-6-18(2)7-9-19/h4-5,10,17H,3,6-9,11H2,1-2H3. The van der Waals surface area contributed by atoms with Gasteiger partial charge in [0.1, 0.15) is 0 Å². The lowest BCUT2D eigenvalue weighted by atomic mass is 10.1. The van der Waals surface area contributed by atoms with Crippen molar-refractivity contribution in [2.24, 2.45) is 0 Å². The molecule has 1 aromatic carbocycles. The molecule has 1 N–H and O–H groups in total. The van der Waals surface area contributed by atoms with Crippen LogP contribution >= 0.6 is 15.9 Å². The third-order valence-corrected chi connectivity index (χ3v) is 4.23. The molecule has 0 atom stereocenters. The van der Waals surface area contributed by atoms with Crippen LogP contribution in [0.15, 0.2) is 22.7 Å². The Morgan fingerprint density at radius 2 is 2.00 bits per heavy atom. The van der Waals surface area contributed by atoms with Crippen LogP contribution in [0.1, 0.15) is 12.5 Å². The van der Waals surface area contributed by atoms with E-state index in [9.17, 15) is 4.79 Å². The van der Waals surface area contributed by atoms with Gasteiger partial charge in [-0.2, -0.15) is 0 Å². The highest BCUT2D eigenvalue weighted by molar-refractivity contribution is 9.10. The van der Waals surface area contributed by atoms with Gasteiger partial charge in [0.15, 0.2) is 0 Å². The van der Waals surface area contributed by atoms with E-state index in [0.29, 0.717) is 6.54 Å². The highest BCUT2D eigenvalue weighted by Gasteiger charge is 2.18. The number of nitrogens with one attached hydrogen (secondary N) is 1. The summed E-state index contributed by atoms with van der Waals surface area (Å²) in [5.74, 6) is 0.183. The number of aryl methyl sites for hydroxylation is 1. The van der Waals surface area contributed by atoms with Crippen LogP contribution < -0.4 is 5.32 Å². The van der Waals surface area contributed by atoms with Crippen molar-refractivity contribution in [3.63, 3.8) is 0 Å². The minimum absolute atomic E-state index is 0.183. The number of nitrogens with zero attached hydrogens (tertiary/aromatic N) is 2. The van der Waals surface area contributed by atoms with Gasteiger partial charge in [-0.05, 0) is 37.2 Å². The van der Waals surface area contributed by atoms with E-state index < -0.39 is 0 Å². The van der Waals surface area contributed by atoms with Crippen molar-refractivity contribution in [3.8, 4) is 0 Å². The molecule has 1 aromatic rings. The molecule has 1 aliphatic heterocycles. The highest BCUT2D eigenvalue weighted by Crippen LogP contribution is 2.21. The van der Waals surface area contributed by atoms with Gasteiger partial charge < -0.3 is 15.1 Å². The second kappa shape index (κ2) is 7.09. The first-order valence-corrected chi connectivity index (χ1v) is 7.88. The van der Waals surface area contributed by atoms with Crippen molar-refractivity contribution >= 4 is 27.5 Å². The molecule has 1 saturated heterocycles. The van der Waals surface area contributed by atoms with Gasteiger partial charge in [0, 0.05) is 36.3 Å².